The minimum atomic E-state index is -0.189. The molecule has 132 valence electrons. The second kappa shape index (κ2) is 7.09. The van der Waals surface area contributed by atoms with Crippen molar-refractivity contribution in [1.82, 2.24) is 19.6 Å². The maximum absolute atomic E-state index is 12.8. The van der Waals surface area contributed by atoms with Crippen LogP contribution in [0.5, 0.6) is 0 Å². The first kappa shape index (κ1) is 17.2. The van der Waals surface area contributed by atoms with E-state index in [1.165, 1.54) is 5.56 Å². The molecule has 3 rings (SSSR count). The van der Waals surface area contributed by atoms with Gasteiger partial charge in [-0.1, -0.05) is 24.3 Å². The molecule has 2 heterocycles. The van der Waals surface area contributed by atoms with Crippen LogP contribution in [-0.4, -0.2) is 45.0 Å². The number of aryl methyl sites for hydroxylation is 1. The lowest BCUT2D eigenvalue weighted by molar-refractivity contribution is -0.136. The normalized spacial score (nSPS) is 16.4. The number of rotatable bonds is 4. The van der Waals surface area contributed by atoms with Gasteiger partial charge in [-0.05, 0) is 17.5 Å². The summed E-state index contributed by atoms with van der Waals surface area (Å²) in [7, 11) is 3.65. The Bertz CT molecular complexity index is 783. The van der Waals surface area contributed by atoms with Crippen molar-refractivity contribution in [3.63, 3.8) is 0 Å². The number of hydrogen-bond donors (Lipinski definition) is 0. The molecule has 2 amide bonds. The van der Waals surface area contributed by atoms with Gasteiger partial charge < -0.3 is 9.80 Å². The van der Waals surface area contributed by atoms with Gasteiger partial charge in [0.2, 0.25) is 11.8 Å². The Balaban J connectivity index is 1.76. The van der Waals surface area contributed by atoms with Gasteiger partial charge in [0.1, 0.15) is 0 Å². The van der Waals surface area contributed by atoms with Gasteiger partial charge in [-0.2, -0.15) is 5.10 Å². The molecule has 0 spiro atoms. The second-order valence-corrected chi connectivity index (χ2v) is 6.65. The molecule has 0 aliphatic carbocycles. The third kappa shape index (κ3) is 3.73. The van der Waals surface area contributed by atoms with Crippen molar-refractivity contribution in [2.45, 2.75) is 32.4 Å². The first-order valence-electron chi connectivity index (χ1n) is 8.52. The van der Waals surface area contributed by atoms with E-state index >= 15 is 0 Å². The zero-order valence-electron chi connectivity index (χ0n) is 15.0. The van der Waals surface area contributed by atoms with E-state index < -0.39 is 0 Å². The Kier molecular flexibility index (Phi) is 4.88. The summed E-state index contributed by atoms with van der Waals surface area (Å²) in [4.78, 5) is 28.3. The van der Waals surface area contributed by atoms with Crippen molar-refractivity contribution in [2.75, 3.05) is 13.6 Å². The van der Waals surface area contributed by atoms with Crippen molar-refractivity contribution < 1.29 is 9.59 Å². The summed E-state index contributed by atoms with van der Waals surface area (Å²) in [5.41, 5.74) is 3.31. The summed E-state index contributed by atoms with van der Waals surface area (Å²) < 4.78 is 1.72. The number of fused-ring (bicyclic) bond motifs is 1. The van der Waals surface area contributed by atoms with Gasteiger partial charge in [0, 0.05) is 45.9 Å². The SMILES string of the molecule is CC(=O)N1CCc2ccccc2[C@@H]1CC(=O)N(C)Cc1cnn(C)c1. The van der Waals surface area contributed by atoms with E-state index in [9.17, 15) is 9.59 Å². The first-order chi connectivity index (χ1) is 12.0. The monoisotopic (exact) mass is 340 g/mol. The fourth-order valence-corrected chi connectivity index (χ4v) is 3.49. The molecule has 1 atom stereocenters. The Morgan fingerprint density at radius 3 is 2.76 bits per heavy atom. The van der Waals surface area contributed by atoms with Crippen LogP contribution in [0.25, 0.3) is 0 Å². The largest absolute Gasteiger partial charge is 0.341 e. The number of carbonyl (C=O) groups excluding carboxylic acids is 2. The number of carbonyl (C=O) groups is 2. The maximum Gasteiger partial charge on any atom is 0.225 e. The standard InChI is InChI=1S/C19H24N4O2/c1-14(24)23-9-8-16-6-4-5-7-17(16)18(23)10-19(25)21(2)12-15-11-20-22(3)13-15/h4-7,11,13,18H,8-10,12H2,1-3H3/t18-/m0/s1. The van der Waals surface area contributed by atoms with Gasteiger partial charge in [0.05, 0.1) is 18.7 Å². The quantitative estimate of drug-likeness (QED) is 0.854. The lowest BCUT2D eigenvalue weighted by Crippen LogP contribution is -2.41. The zero-order chi connectivity index (χ0) is 18.0. The van der Waals surface area contributed by atoms with Crippen molar-refractivity contribution in [1.29, 1.82) is 0 Å². The summed E-state index contributed by atoms with van der Waals surface area (Å²) in [6, 6.07) is 7.91. The van der Waals surface area contributed by atoms with E-state index in [0.29, 0.717) is 19.5 Å². The highest BCUT2D eigenvalue weighted by atomic mass is 16.2. The fraction of sp³-hybridized carbons (Fsp3) is 0.421. The molecule has 1 aliphatic rings. The first-order valence-corrected chi connectivity index (χ1v) is 8.52. The van der Waals surface area contributed by atoms with Crippen LogP contribution in [0.1, 0.15) is 36.1 Å². The maximum atomic E-state index is 12.8. The van der Waals surface area contributed by atoms with Gasteiger partial charge in [-0.25, -0.2) is 0 Å². The summed E-state index contributed by atoms with van der Waals surface area (Å²) >= 11 is 0. The van der Waals surface area contributed by atoms with E-state index in [4.69, 9.17) is 0 Å². The number of hydrogen-bond acceptors (Lipinski definition) is 3. The van der Waals surface area contributed by atoms with Crippen molar-refractivity contribution in [2.24, 2.45) is 7.05 Å². The average Bonchev–Trinajstić information content (AvgIpc) is 2.99. The summed E-state index contributed by atoms with van der Waals surface area (Å²) in [5.74, 6) is 0.0408. The minimum Gasteiger partial charge on any atom is -0.341 e. The van der Waals surface area contributed by atoms with E-state index in [2.05, 4.69) is 11.2 Å². The van der Waals surface area contributed by atoms with Crippen LogP contribution in [-0.2, 0) is 29.6 Å². The molecule has 6 nitrogen and oxygen atoms in total. The molecule has 25 heavy (non-hydrogen) atoms. The number of amides is 2. The van der Waals surface area contributed by atoms with E-state index in [0.717, 1.165) is 17.5 Å². The highest BCUT2D eigenvalue weighted by Gasteiger charge is 2.31. The predicted molar refractivity (Wildman–Crippen MR) is 94.6 cm³/mol. The van der Waals surface area contributed by atoms with Crippen LogP contribution in [0.3, 0.4) is 0 Å². The smallest absolute Gasteiger partial charge is 0.225 e. The number of aromatic nitrogens is 2. The van der Waals surface area contributed by atoms with Crippen molar-refractivity contribution in [3.8, 4) is 0 Å². The molecule has 1 aliphatic heterocycles. The molecule has 0 bridgehead atoms. The van der Waals surface area contributed by atoms with Crippen LogP contribution >= 0.6 is 0 Å². The molecule has 0 N–H and O–H groups in total. The van der Waals surface area contributed by atoms with E-state index in [-0.39, 0.29) is 17.9 Å². The summed E-state index contributed by atoms with van der Waals surface area (Å²) in [6.07, 6.45) is 4.81. The van der Waals surface area contributed by atoms with Crippen LogP contribution in [0.2, 0.25) is 0 Å². The molecule has 0 radical (unpaired) electrons. The van der Waals surface area contributed by atoms with Gasteiger partial charge in [-0.15, -0.1) is 0 Å². The van der Waals surface area contributed by atoms with Crippen LogP contribution < -0.4 is 0 Å². The number of benzene rings is 1. The topological polar surface area (TPSA) is 58.4 Å². The van der Waals surface area contributed by atoms with Crippen LogP contribution in [0, 0.1) is 0 Å². The minimum absolute atomic E-state index is 0.0159. The molecule has 6 heteroatoms. The van der Waals surface area contributed by atoms with Crippen molar-refractivity contribution >= 4 is 11.8 Å². The lowest BCUT2D eigenvalue weighted by Gasteiger charge is -2.37. The van der Waals surface area contributed by atoms with E-state index in [1.807, 2.05) is 36.3 Å². The third-order valence-electron chi connectivity index (χ3n) is 4.79. The Morgan fingerprint density at radius 1 is 1.32 bits per heavy atom. The molecule has 2 aromatic rings. The van der Waals surface area contributed by atoms with Gasteiger partial charge >= 0.3 is 0 Å². The Labute approximate surface area is 148 Å². The summed E-state index contributed by atoms with van der Waals surface area (Å²) in [5, 5.41) is 4.14. The number of nitrogens with zero attached hydrogens (tertiary/aromatic N) is 4. The average molecular weight is 340 g/mol. The molecule has 1 aromatic heterocycles. The second-order valence-electron chi connectivity index (χ2n) is 6.65. The Hall–Kier alpha value is -2.63. The zero-order valence-corrected chi connectivity index (χ0v) is 15.0. The molecule has 0 fully saturated rings. The highest BCUT2D eigenvalue weighted by Crippen LogP contribution is 2.32. The van der Waals surface area contributed by atoms with E-state index in [1.54, 1.807) is 29.7 Å². The van der Waals surface area contributed by atoms with Crippen LogP contribution in [0.15, 0.2) is 36.7 Å². The fourth-order valence-electron chi connectivity index (χ4n) is 3.49. The van der Waals surface area contributed by atoms with Crippen molar-refractivity contribution in [3.05, 3.63) is 53.3 Å². The lowest BCUT2D eigenvalue weighted by atomic mass is 9.90. The van der Waals surface area contributed by atoms with Gasteiger partial charge in [0.15, 0.2) is 0 Å². The molecule has 1 aromatic carbocycles. The molecule has 0 saturated heterocycles. The third-order valence-corrected chi connectivity index (χ3v) is 4.79. The molecular weight excluding hydrogens is 316 g/mol. The molecule has 0 saturated carbocycles. The highest BCUT2D eigenvalue weighted by molar-refractivity contribution is 5.79. The predicted octanol–water partition coefficient (Wildman–Crippen LogP) is 1.91. The van der Waals surface area contributed by atoms with Gasteiger partial charge in [-0.3, -0.25) is 14.3 Å². The van der Waals surface area contributed by atoms with Gasteiger partial charge in [0.25, 0.3) is 0 Å². The molecular formula is C19H24N4O2. The van der Waals surface area contributed by atoms with Crippen LogP contribution in [0.4, 0.5) is 0 Å². The Morgan fingerprint density at radius 2 is 2.08 bits per heavy atom. The summed E-state index contributed by atoms with van der Waals surface area (Å²) in [6.45, 7) is 2.75. The molecule has 0 unspecified atom stereocenters.